The van der Waals surface area contributed by atoms with Crippen molar-refractivity contribution >= 4 is 5.82 Å². The highest BCUT2D eigenvalue weighted by Crippen LogP contribution is 2.28. The number of pyridine rings is 1. The fourth-order valence-corrected chi connectivity index (χ4v) is 2.30. The zero-order valence-corrected chi connectivity index (χ0v) is 14.6. The van der Waals surface area contributed by atoms with Gasteiger partial charge in [-0.2, -0.15) is 0 Å². The summed E-state index contributed by atoms with van der Waals surface area (Å²) in [4.78, 5) is 6.48. The topological polar surface area (TPSA) is 76.3 Å². The van der Waals surface area contributed by atoms with E-state index in [4.69, 9.17) is 9.15 Å². The molecule has 25 heavy (non-hydrogen) atoms. The van der Waals surface area contributed by atoms with Crippen LogP contribution in [-0.2, 0) is 0 Å². The maximum absolute atomic E-state index is 5.84. The first-order valence-corrected chi connectivity index (χ1v) is 7.99. The Kier molecular flexibility index (Phi) is 5.25. The molecule has 3 aromatic rings. The number of hydrogen-bond donors (Lipinski definition) is 1. The van der Waals surface area contributed by atoms with Gasteiger partial charge in [-0.05, 0) is 50.5 Å². The molecule has 0 spiro atoms. The van der Waals surface area contributed by atoms with E-state index in [0.29, 0.717) is 11.8 Å². The van der Waals surface area contributed by atoms with E-state index in [9.17, 15) is 0 Å². The lowest BCUT2D eigenvalue weighted by Gasteiger charge is -2.12. The Morgan fingerprint density at radius 2 is 1.84 bits per heavy atom. The van der Waals surface area contributed by atoms with Crippen LogP contribution in [-0.4, -0.2) is 54.4 Å². The number of likely N-dealkylation sites (N-methyl/N-ethyl adjacent to an activating group) is 1. The highest BCUT2D eigenvalue weighted by atomic mass is 16.5. The summed E-state index contributed by atoms with van der Waals surface area (Å²) < 4.78 is 11.0. The first-order chi connectivity index (χ1) is 12.2. The predicted molar refractivity (Wildman–Crippen MR) is 96.6 cm³/mol. The largest absolute Gasteiger partial charge is 0.497 e. The molecule has 0 aliphatic heterocycles. The summed E-state index contributed by atoms with van der Waals surface area (Å²) in [6, 6.07) is 11.3. The van der Waals surface area contributed by atoms with Gasteiger partial charge < -0.3 is 19.4 Å². The third-order valence-corrected chi connectivity index (χ3v) is 3.65. The van der Waals surface area contributed by atoms with Crippen molar-refractivity contribution in [3.8, 4) is 28.7 Å². The van der Waals surface area contributed by atoms with Crippen molar-refractivity contribution in [3.63, 3.8) is 0 Å². The van der Waals surface area contributed by atoms with Gasteiger partial charge in [0.1, 0.15) is 11.6 Å². The van der Waals surface area contributed by atoms with Crippen LogP contribution in [0.25, 0.3) is 22.9 Å². The van der Waals surface area contributed by atoms with Crippen molar-refractivity contribution in [2.45, 2.75) is 0 Å². The summed E-state index contributed by atoms with van der Waals surface area (Å²) in [5.74, 6) is 2.41. The Hall–Kier alpha value is -2.93. The second-order valence-electron chi connectivity index (χ2n) is 5.77. The maximum atomic E-state index is 5.84. The lowest BCUT2D eigenvalue weighted by atomic mass is 10.2. The fourth-order valence-electron chi connectivity index (χ4n) is 2.30. The molecule has 2 heterocycles. The minimum atomic E-state index is 0.436. The van der Waals surface area contributed by atoms with E-state index in [1.54, 1.807) is 13.3 Å². The second-order valence-corrected chi connectivity index (χ2v) is 5.77. The summed E-state index contributed by atoms with van der Waals surface area (Å²) in [6.45, 7) is 1.67. The van der Waals surface area contributed by atoms with Crippen LogP contribution in [0, 0.1) is 0 Å². The molecule has 1 N–H and O–H groups in total. The maximum Gasteiger partial charge on any atom is 0.251 e. The van der Waals surface area contributed by atoms with Gasteiger partial charge in [-0.25, -0.2) is 4.98 Å². The zero-order chi connectivity index (χ0) is 17.6. The first kappa shape index (κ1) is 16.9. The third kappa shape index (κ3) is 4.13. The van der Waals surface area contributed by atoms with Crippen LogP contribution in [0.4, 0.5) is 5.82 Å². The van der Waals surface area contributed by atoms with E-state index in [0.717, 1.165) is 35.8 Å². The predicted octanol–water partition coefficient (Wildman–Crippen LogP) is 2.78. The van der Waals surface area contributed by atoms with Crippen LogP contribution in [0.5, 0.6) is 5.75 Å². The number of ether oxygens (including phenoxy) is 1. The summed E-state index contributed by atoms with van der Waals surface area (Å²) in [6.07, 6.45) is 1.74. The molecule has 0 aliphatic rings. The van der Waals surface area contributed by atoms with Crippen LogP contribution in [0.15, 0.2) is 47.0 Å². The number of methoxy groups -OCH3 is 1. The average molecular weight is 339 g/mol. The molecule has 0 saturated heterocycles. The molecule has 0 aliphatic carbocycles. The molecule has 130 valence electrons. The van der Waals surface area contributed by atoms with Crippen molar-refractivity contribution < 1.29 is 9.15 Å². The average Bonchev–Trinajstić information content (AvgIpc) is 3.12. The normalized spacial score (nSPS) is 10.9. The molecule has 3 rings (SSSR count). The van der Waals surface area contributed by atoms with Gasteiger partial charge in [-0.3, -0.25) is 0 Å². The SMILES string of the molecule is COc1ccc(-c2nnc(-c3cccnc3NCCN(C)C)o2)cc1. The van der Waals surface area contributed by atoms with Gasteiger partial charge in [-0.1, -0.05) is 0 Å². The van der Waals surface area contributed by atoms with Crippen LogP contribution in [0.2, 0.25) is 0 Å². The van der Waals surface area contributed by atoms with Gasteiger partial charge in [0.05, 0.1) is 12.7 Å². The van der Waals surface area contributed by atoms with Crippen LogP contribution in [0.3, 0.4) is 0 Å². The van der Waals surface area contributed by atoms with E-state index in [1.165, 1.54) is 0 Å². The Balaban J connectivity index is 1.82. The summed E-state index contributed by atoms with van der Waals surface area (Å²) in [5, 5.41) is 11.6. The minimum absolute atomic E-state index is 0.436. The van der Waals surface area contributed by atoms with Crippen molar-refractivity contribution in [3.05, 3.63) is 42.6 Å². The Morgan fingerprint density at radius 1 is 1.08 bits per heavy atom. The van der Waals surface area contributed by atoms with Gasteiger partial charge >= 0.3 is 0 Å². The van der Waals surface area contributed by atoms with E-state index in [2.05, 4.69) is 25.4 Å². The fraction of sp³-hybridized carbons (Fsp3) is 0.278. The van der Waals surface area contributed by atoms with E-state index in [1.807, 2.05) is 50.5 Å². The monoisotopic (exact) mass is 339 g/mol. The molecule has 7 heteroatoms. The van der Waals surface area contributed by atoms with Crippen LogP contribution >= 0.6 is 0 Å². The molecular formula is C18H21N5O2. The second kappa shape index (κ2) is 7.76. The number of anilines is 1. The Bertz CT molecular complexity index is 814. The number of hydrogen-bond acceptors (Lipinski definition) is 7. The third-order valence-electron chi connectivity index (χ3n) is 3.65. The number of aromatic nitrogens is 3. The van der Waals surface area contributed by atoms with Gasteiger partial charge in [0.2, 0.25) is 5.89 Å². The zero-order valence-electron chi connectivity index (χ0n) is 14.6. The number of rotatable bonds is 7. The van der Waals surface area contributed by atoms with Gasteiger partial charge in [0, 0.05) is 24.8 Å². The number of nitrogens with one attached hydrogen (secondary N) is 1. The molecule has 0 radical (unpaired) electrons. The Labute approximate surface area is 146 Å². The standard InChI is InChI=1S/C18H21N5O2/c1-23(2)12-11-20-16-15(5-4-10-19-16)18-22-21-17(25-18)13-6-8-14(24-3)9-7-13/h4-10H,11-12H2,1-3H3,(H,19,20). The molecule has 0 bridgehead atoms. The summed E-state index contributed by atoms with van der Waals surface area (Å²) in [5.41, 5.74) is 1.62. The minimum Gasteiger partial charge on any atom is -0.497 e. The lowest BCUT2D eigenvalue weighted by Crippen LogP contribution is -2.21. The number of benzene rings is 1. The van der Waals surface area contributed by atoms with Crippen molar-refractivity contribution in [1.29, 1.82) is 0 Å². The first-order valence-electron chi connectivity index (χ1n) is 7.99. The molecule has 1 aromatic carbocycles. The van der Waals surface area contributed by atoms with Crippen LogP contribution in [0.1, 0.15) is 0 Å². The van der Waals surface area contributed by atoms with Gasteiger partial charge in [-0.15, -0.1) is 10.2 Å². The smallest absolute Gasteiger partial charge is 0.251 e. The highest BCUT2D eigenvalue weighted by Gasteiger charge is 2.14. The van der Waals surface area contributed by atoms with Gasteiger partial charge in [0.25, 0.3) is 5.89 Å². The summed E-state index contributed by atoms with van der Waals surface area (Å²) >= 11 is 0. The molecule has 0 atom stereocenters. The number of nitrogens with zero attached hydrogens (tertiary/aromatic N) is 4. The molecule has 2 aromatic heterocycles. The molecule has 0 amide bonds. The van der Waals surface area contributed by atoms with E-state index < -0.39 is 0 Å². The van der Waals surface area contributed by atoms with Crippen LogP contribution < -0.4 is 10.1 Å². The van der Waals surface area contributed by atoms with Crippen molar-refractivity contribution in [1.82, 2.24) is 20.1 Å². The summed E-state index contributed by atoms with van der Waals surface area (Å²) in [7, 11) is 5.69. The Morgan fingerprint density at radius 3 is 2.56 bits per heavy atom. The molecular weight excluding hydrogens is 318 g/mol. The molecule has 0 fully saturated rings. The molecule has 0 unspecified atom stereocenters. The molecule has 0 saturated carbocycles. The van der Waals surface area contributed by atoms with Crippen molar-refractivity contribution in [2.24, 2.45) is 0 Å². The lowest BCUT2D eigenvalue weighted by molar-refractivity contribution is 0.415. The highest BCUT2D eigenvalue weighted by molar-refractivity contribution is 5.69. The van der Waals surface area contributed by atoms with Gasteiger partial charge in [0.15, 0.2) is 0 Å². The van der Waals surface area contributed by atoms with E-state index >= 15 is 0 Å². The van der Waals surface area contributed by atoms with Crippen molar-refractivity contribution in [2.75, 3.05) is 39.6 Å². The quantitative estimate of drug-likeness (QED) is 0.709. The molecule has 7 nitrogen and oxygen atoms in total. The van der Waals surface area contributed by atoms with E-state index in [-0.39, 0.29) is 0 Å².